The van der Waals surface area contributed by atoms with Crippen LogP contribution in [0.2, 0.25) is 0 Å². The van der Waals surface area contributed by atoms with E-state index in [2.05, 4.69) is 11.0 Å². The zero-order valence-corrected chi connectivity index (χ0v) is 14.2. The molecular weight excluding hydrogens is 306 g/mol. The van der Waals surface area contributed by atoms with Crippen LogP contribution in [-0.2, 0) is 22.4 Å². The van der Waals surface area contributed by atoms with E-state index in [1.165, 1.54) is 0 Å². The third-order valence-corrected chi connectivity index (χ3v) is 6.11. The minimum Gasteiger partial charge on any atom is -0.504 e. The summed E-state index contributed by atoms with van der Waals surface area (Å²) in [4.78, 5) is 2.46. The highest BCUT2D eigenvalue weighted by Crippen LogP contribution is 2.45. The smallest absolute Gasteiger partial charge is 0.162 e. The van der Waals surface area contributed by atoms with Gasteiger partial charge in [-0.2, -0.15) is 0 Å². The molecule has 0 radical (unpaired) electrons. The van der Waals surface area contributed by atoms with Crippen LogP contribution >= 0.6 is 0 Å². The molecule has 4 rings (SSSR count). The second kappa shape index (κ2) is 5.97. The second-order valence-electron chi connectivity index (χ2n) is 7.16. The fraction of sp³-hybridized carbons (Fsp3) is 0.579. The molecule has 2 unspecified atom stereocenters. The summed E-state index contributed by atoms with van der Waals surface area (Å²) in [7, 11) is 3.47. The maximum absolute atomic E-state index is 10.2. The van der Waals surface area contributed by atoms with Gasteiger partial charge in [0.25, 0.3) is 0 Å². The Kier molecular flexibility index (Phi) is 3.93. The van der Waals surface area contributed by atoms with Crippen LogP contribution in [0.4, 0.5) is 0 Å². The van der Waals surface area contributed by atoms with Crippen molar-refractivity contribution in [3.05, 3.63) is 35.1 Å². The summed E-state index contributed by atoms with van der Waals surface area (Å²) in [5.41, 5.74) is 2.04. The molecule has 24 heavy (non-hydrogen) atoms. The van der Waals surface area contributed by atoms with E-state index in [9.17, 15) is 10.2 Å². The molecule has 1 fully saturated rings. The van der Waals surface area contributed by atoms with Gasteiger partial charge in [0.1, 0.15) is 11.9 Å². The number of hydrogen-bond acceptors (Lipinski definition) is 5. The van der Waals surface area contributed by atoms with Crippen molar-refractivity contribution in [1.82, 2.24) is 4.90 Å². The van der Waals surface area contributed by atoms with E-state index in [-0.39, 0.29) is 17.6 Å². The molecule has 0 spiro atoms. The zero-order valence-electron chi connectivity index (χ0n) is 14.2. The third-order valence-electron chi connectivity index (χ3n) is 6.11. The van der Waals surface area contributed by atoms with Crippen LogP contribution in [-0.4, -0.2) is 48.0 Å². The number of hydrogen-bond donors (Lipinski definition) is 2. The molecular formula is C19H25NO4. The first kappa shape index (κ1) is 15.8. The summed E-state index contributed by atoms with van der Waals surface area (Å²) >= 11 is 0. The summed E-state index contributed by atoms with van der Waals surface area (Å²) in [5, 5.41) is 20.0. The van der Waals surface area contributed by atoms with Gasteiger partial charge in [-0.05, 0) is 55.3 Å². The van der Waals surface area contributed by atoms with E-state index in [1.807, 2.05) is 6.07 Å². The molecule has 4 atom stereocenters. The summed E-state index contributed by atoms with van der Waals surface area (Å²) in [5.74, 6) is 2.05. The lowest BCUT2D eigenvalue weighted by Gasteiger charge is -2.50. The number of nitrogens with zero attached hydrogens (tertiary/aromatic N) is 1. The number of benzene rings is 1. The number of allylic oxidation sites excluding steroid dienone is 1. The Morgan fingerprint density at radius 3 is 2.79 bits per heavy atom. The van der Waals surface area contributed by atoms with Crippen LogP contribution in [0.25, 0.3) is 0 Å². The zero-order chi connectivity index (χ0) is 16.8. The number of aromatic hydroxyl groups is 2. The predicted molar refractivity (Wildman–Crippen MR) is 89.8 cm³/mol. The predicted octanol–water partition coefficient (Wildman–Crippen LogP) is 2.41. The minimum absolute atomic E-state index is 0.0214. The first-order valence-corrected chi connectivity index (χ1v) is 8.67. The number of fused-ring (bicyclic) bond motifs is 4. The number of piperidine rings is 1. The lowest BCUT2D eigenvalue weighted by molar-refractivity contribution is -0.0148. The lowest BCUT2D eigenvalue weighted by Crippen LogP contribution is -2.53. The highest BCUT2D eigenvalue weighted by Gasteiger charge is 2.44. The van der Waals surface area contributed by atoms with Gasteiger partial charge in [-0.15, -0.1) is 0 Å². The molecule has 5 heteroatoms. The van der Waals surface area contributed by atoms with Gasteiger partial charge in [0, 0.05) is 25.3 Å². The topological polar surface area (TPSA) is 62.2 Å². The molecule has 0 saturated carbocycles. The second-order valence-corrected chi connectivity index (χ2v) is 7.16. The van der Waals surface area contributed by atoms with Gasteiger partial charge in [-0.1, -0.05) is 6.07 Å². The number of phenolic OH excluding ortho intramolecular Hbond substituents is 2. The van der Waals surface area contributed by atoms with Gasteiger partial charge in [0.05, 0.1) is 7.11 Å². The monoisotopic (exact) mass is 331 g/mol. The first-order valence-electron chi connectivity index (χ1n) is 8.67. The summed E-state index contributed by atoms with van der Waals surface area (Å²) in [6.45, 7) is 1.72. The van der Waals surface area contributed by atoms with Crippen LogP contribution in [0.15, 0.2) is 24.0 Å². The Balaban J connectivity index is 1.65. The van der Waals surface area contributed by atoms with Crippen molar-refractivity contribution in [2.24, 2.45) is 11.8 Å². The minimum atomic E-state index is -0.0214. The van der Waals surface area contributed by atoms with Crippen LogP contribution in [0.5, 0.6) is 11.5 Å². The third kappa shape index (κ3) is 2.38. The molecule has 0 aromatic heterocycles. The van der Waals surface area contributed by atoms with Crippen molar-refractivity contribution in [1.29, 1.82) is 0 Å². The van der Waals surface area contributed by atoms with Crippen LogP contribution in [0, 0.1) is 11.8 Å². The highest BCUT2D eigenvalue weighted by molar-refractivity contribution is 5.50. The summed E-state index contributed by atoms with van der Waals surface area (Å²) in [6.07, 6.45) is 5.28. The molecule has 1 aliphatic carbocycles. The molecule has 3 aliphatic rings. The van der Waals surface area contributed by atoms with Crippen molar-refractivity contribution in [3.63, 3.8) is 0 Å². The lowest BCUT2D eigenvalue weighted by atomic mass is 9.69. The maximum atomic E-state index is 10.2. The molecule has 2 aliphatic heterocycles. The van der Waals surface area contributed by atoms with Crippen molar-refractivity contribution >= 4 is 0 Å². The van der Waals surface area contributed by atoms with Gasteiger partial charge in [-0.25, -0.2) is 0 Å². The molecule has 1 aromatic rings. The van der Waals surface area contributed by atoms with Crippen molar-refractivity contribution in [2.45, 2.75) is 38.0 Å². The average molecular weight is 331 g/mol. The number of phenols is 2. The standard InChI is InChI=1S/C19H25NO4/c1-23-17-8-12-5-6-20-10-14-11(3-4-16(21)19(14)22)7-15(20)13(12)9-18(17)24-2/h3-4,8,12-13,15,18,21-22H,5-7,9-10H2,1-2H3/t12?,13-,15?,18+/m0/s1. The Morgan fingerprint density at radius 2 is 2.04 bits per heavy atom. The molecule has 0 bridgehead atoms. The van der Waals surface area contributed by atoms with Crippen LogP contribution < -0.4 is 0 Å². The number of rotatable bonds is 2. The van der Waals surface area contributed by atoms with Crippen molar-refractivity contribution in [2.75, 3.05) is 20.8 Å². The van der Waals surface area contributed by atoms with Gasteiger partial charge >= 0.3 is 0 Å². The van der Waals surface area contributed by atoms with Gasteiger partial charge in [-0.3, -0.25) is 4.90 Å². The molecule has 2 N–H and O–H groups in total. The van der Waals surface area contributed by atoms with E-state index in [0.717, 1.165) is 42.7 Å². The molecule has 1 saturated heterocycles. The van der Waals surface area contributed by atoms with Gasteiger partial charge in [0.15, 0.2) is 11.5 Å². The Bertz CT molecular complexity index is 672. The fourth-order valence-electron chi connectivity index (χ4n) is 4.82. The molecule has 0 amide bonds. The SMILES string of the molecule is COC1=CC2CCN3Cc4c(ccc(O)c4O)CC3[C@H]2C[C@H]1OC. The van der Waals surface area contributed by atoms with E-state index in [0.29, 0.717) is 24.4 Å². The quantitative estimate of drug-likeness (QED) is 0.815. The molecule has 130 valence electrons. The van der Waals surface area contributed by atoms with Gasteiger partial charge < -0.3 is 19.7 Å². The van der Waals surface area contributed by atoms with Crippen molar-refractivity contribution < 1.29 is 19.7 Å². The number of ether oxygens (including phenoxy) is 2. The fourth-order valence-corrected chi connectivity index (χ4v) is 4.82. The Hall–Kier alpha value is -1.72. The molecule has 1 aromatic carbocycles. The number of methoxy groups -OCH3 is 2. The summed E-state index contributed by atoms with van der Waals surface area (Å²) < 4.78 is 11.2. The average Bonchev–Trinajstić information content (AvgIpc) is 2.62. The largest absolute Gasteiger partial charge is 0.504 e. The van der Waals surface area contributed by atoms with E-state index in [1.54, 1.807) is 20.3 Å². The normalized spacial score (nSPS) is 32.3. The van der Waals surface area contributed by atoms with Crippen LogP contribution in [0.1, 0.15) is 24.0 Å². The Morgan fingerprint density at radius 1 is 1.21 bits per heavy atom. The van der Waals surface area contributed by atoms with E-state index in [4.69, 9.17) is 9.47 Å². The molecule has 2 heterocycles. The van der Waals surface area contributed by atoms with E-state index >= 15 is 0 Å². The van der Waals surface area contributed by atoms with E-state index < -0.39 is 0 Å². The maximum Gasteiger partial charge on any atom is 0.162 e. The first-order chi connectivity index (χ1) is 11.6. The van der Waals surface area contributed by atoms with Crippen molar-refractivity contribution in [3.8, 4) is 11.5 Å². The molecule has 5 nitrogen and oxygen atoms in total. The summed E-state index contributed by atoms with van der Waals surface area (Å²) in [6, 6.07) is 4.01. The van der Waals surface area contributed by atoms with Crippen LogP contribution in [0.3, 0.4) is 0 Å². The highest BCUT2D eigenvalue weighted by atomic mass is 16.5. The van der Waals surface area contributed by atoms with Gasteiger partial charge in [0.2, 0.25) is 0 Å². The Labute approximate surface area is 142 Å².